The van der Waals surface area contributed by atoms with Crippen LogP contribution in [0.2, 0.25) is 0 Å². The van der Waals surface area contributed by atoms with E-state index in [-0.39, 0.29) is 11.9 Å². The Balaban J connectivity index is 2.47. The van der Waals surface area contributed by atoms with Crippen LogP contribution >= 0.6 is 15.9 Å². The van der Waals surface area contributed by atoms with Crippen molar-refractivity contribution in [2.45, 2.75) is 13.0 Å². The van der Waals surface area contributed by atoms with Crippen molar-refractivity contribution < 1.29 is 4.79 Å². The van der Waals surface area contributed by atoms with Gasteiger partial charge in [0.25, 0.3) is 0 Å². The number of anilines is 1. The highest BCUT2D eigenvalue weighted by Gasteiger charge is 2.09. The predicted molar refractivity (Wildman–Crippen MR) is 73.9 cm³/mol. The lowest BCUT2D eigenvalue weighted by molar-refractivity contribution is -0.117. The van der Waals surface area contributed by atoms with Crippen LogP contribution in [0.25, 0.3) is 0 Å². The Kier molecular flexibility index (Phi) is 5.61. The molecule has 3 N–H and O–H groups in total. The van der Waals surface area contributed by atoms with Crippen molar-refractivity contribution >= 4 is 27.5 Å². The van der Waals surface area contributed by atoms with E-state index in [0.29, 0.717) is 13.1 Å². The van der Waals surface area contributed by atoms with E-state index in [1.807, 2.05) is 43.1 Å². The van der Waals surface area contributed by atoms with E-state index in [2.05, 4.69) is 21.2 Å². The summed E-state index contributed by atoms with van der Waals surface area (Å²) in [5.74, 6) is -0.0416. The molecule has 17 heavy (non-hydrogen) atoms. The maximum Gasteiger partial charge on any atom is 0.238 e. The number of nitrogens with zero attached hydrogens (tertiary/aromatic N) is 1. The van der Waals surface area contributed by atoms with Gasteiger partial charge < -0.3 is 11.1 Å². The van der Waals surface area contributed by atoms with Crippen molar-refractivity contribution in [3.63, 3.8) is 0 Å². The summed E-state index contributed by atoms with van der Waals surface area (Å²) in [6, 6.07) is 7.60. The zero-order valence-corrected chi connectivity index (χ0v) is 11.7. The zero-order chi connectivity index (χ0) is 12.8. The van der Waals surface area contributed by atoms with Crippen LogP contribution in [0.1, 0.15) is 6.92 Å². The lowest BCUT2D eigenvalue weighted by Crippen LogP contribution is -2.37. The average molecular weight is 300 g/mol. The molecule has 0 saturated carbocycles. The summed E-state index contributed by atoms with van der Waals surface area (Å²) in [4.78, 5) is 13.6. The standard InChI is InChI=1S/C12H18BrN3O/c1-9(14)7-16(2)8-12(17)15-11-6-4-3-5-10(11)13/h3-6,9H,7-8,14H2,1-2H3,(H,15,17). The molecule has 0 aromatic heterocycles. The number of carbonyl (C=O) groups is 1. The van der Waals surface area contributed by atoms with Crippen LogP contribution in [0.15, 0.2) is 28.7 Å². The van der Waals surface area contributed by atoms with Crippen molar-refractivity contribution in [3.05, 3.63) is 28.7 Å². The summed E-state index contributed by atoms with van der Waals surface area (Å²) in [7, 11) is 1.88. The third-order valence-electron chi connectivity index (χ3n) is 2.16. The van der Waals surface area contributed by atoms with E-state index >= 15 is 0 Å². The Hall–Kier alpha value is -0.910. The highest BCUT2D eigenvalue weighted by atomic mass is 79.9. The number of benzene rings is 1. The van der Waals surface area contributed by atoms with Gasteiger partial charge in [0.2, 0.25) is 5.91 Å². The fourth-order valence-corrected chi connectivity index (χ4v) is 1.94. The van der Waals surface area contributed by atoms with Gasteiger partial charge in [-0.1, -0.05) is 12.1 Å². The molecule has 0 aliphatic carbocycles. The maximum atomic E-state index is 11.7. The first-order chi connectivity index (χ1) is 7.99. The second-order valence-electron chi connectivity index (χ2n) is 4.20. The number of carbonyl (C=O) groups excluding carboxylic acids is 1. The summed E-state index contributed by atoms with van der Waals surface area (Å²) in [5, 5.41) is 2.85. The third-order valence-corrected chi connectivity index (χ3v) is 2.85. The SMILES string of the molecule is CC(N)CN(C)CC(=O)Nc1ccccc1Br. The van der Waals surface area contributed by atoms with Crippen molar-refractivity contribution in [3.8, 4) is 0 Å². The topological polar surface area (TPSA) is 58.4 Å². The smallest absolute Gasteiger partial charge is 0.238 e. The summed E-state index contributed by atoms with van der Waals surface area (Å²) in [5.41, 5.74) is 6.45. The van der Waals surface area contributed by atoms with Crippen LogP contribution < -0.4 is 11.1 Å². The fourth-order valence-electron chi connectivity index (χ4n) is 1.55. The molecule has 0 aliphatic rings. The minimum absolute atomic E-state index is 0.0416. The second kappa shape index (κ2) is 6.74. The highest BCUT2D eigenvalue weighted by Crippen LogP contribution is 2.20. The van der Waals surface area contributed by atoms with Gasteiger partial charge in [-0.05, 0) is 42.0 Å². The number of hydrogen-bond acceptors (Lipinski definition) is 3. The molecule has 5 heteroatoms. The number of halogens is 1. The molecule has 0 radical (unpaired) electrons. The van der Waals surface area contributed by atoms with Crippen LogP contribution in [0.5, 0.6) is 0 Å². The first-order valence-electron chi connectivity index (χ1n) is 5.47. The molecule has 94 valence electrons. The Bertz CT molecular complexity index is 382. The largest absolute Gasteiger partial charge is 0.327 e. The summed E-state index contributed by atoms with van der Waals surface area (Å²) in [6.45, 7) is 2.95. The molecular weight excluding hydrogens is 282 g/mol. The summed E-state index contributed by atoms with van der Waals surface area (Å²) >= 11 is 3.38. The zero-order valence-electron chi connectivity index (χ0n) is 10.1. The molecule has 1 unspecified atom stereocenters. The predicted octanol–water partition coefficient (Wildman–Crippen LogP) is 1.67. The molecule has 1 aromatic rings. The third kappa shape index (κ3) is 5.30. The van der Waals surface area contributed by atoms with Gasteiger partial charge in [0.1, 0.15) is 0 Å². The van der Waals surface area contributed by atoms with Crippen LogP contribution in [0, 0.1) is 0 Å². The summed E-state index contributed by atoms with van der Waals surface area (Å²) in [6.07, 6.45) is 0. The Morgan fingerprint density at radius 3 is 2.76 bits per heavy atom. The van der Waals surface area contributed by atoms with Crippen molar-refractivity contribution in [2.24, 2.45) is 5.73 Å². The van der Waals surface area contributed by atoms with Crippen LogP contribution in [0.3, 0.4) is 0 Å². The van der Waals surface area contributed by atoms with Gasteiger partial charge in [-0.15, -0.1) is 0 Å². The molecule has 0 fully saturated rings. The molecule has 0 spiro atoms. The lowest BCUT2D eigenvalue weighted by atomic mass is 10.3. The van der Waals surface area contributed by atoms with Crippen LogP contribution in [-0.4, -0.2) is 37.0 Å². The second-order valence-corrected chi connectivity index (χ2v) is 5.06. The van der Waals surface area contributed by atoms with Gasteiger partial charge in [-0.3, -0.25) is 9.69 Å². The van der Waals surface area contributed by atoms with Gasteiger partial charge in [-0.25, -0.2) is 0 Å². The molecule has 1 rings (SSSR count). The van der Waals surface area contributed by atoms with Gasteiger partial charge >= 0.3 is 0 Å². The van der Waals surface area contributed by atoms with E-state index in [1.165, 1.54) is 0 Å². The number of nitrogens with two attached hydrogens (primary N) is 1. The first kappa shape index (κ1) is 14.2. The maximum absolute atomic E-state index is 11.7. The van der Waals surface area contributed by atoms with E-state index in [9.17, 15) is 4.79 Å². The van der Waals surface area contributed by atoms with Gasteiger partial charge in [0, 0.05) is 17.1 Å². The van der Waals surface area contributed by atoms with E-state index in [0.717, 1.165) is 10.2 Å². The molecule has 4 nitrogen and oxygen atoms in total. The normalized spacial score (nSPS) is 12.5. The number of para-hydroxylation sites is 1. The Morgan fingerprint density at radius 1 is 1.53 bits per heavy atom. The van der Waals surface area contributed by atoms with Gasteiger partial charge in [-0.2, -0.15) is 0 Å². The minimum Gasteiger partial charge on any atom is -0.327 e. The number of likely N-dealkylation sites (N-methyl/N-ethyl adjacent to an activating group) is 1. The van der Waals surface area contributed by atoms with Gasteiger partial charge in [0.15, 0.2) is 0 Å². The summed E-state index contributed by atoms with van der Waals surface area (Å²) < 4.78 is 0.878. The minimum atomic E-state index is -0.0416. The fraction of sp³-hybridized carbons (Fsp3) is 0.417. The van der Waals surface area contributed by atoms with Crippen LogP contribution in [-0.2, 0) is 4.79 Å². The lowest BCUT2D eigenvalue weighted by Gasteiger charge is -2.18. The number of hydrogen-bond donors (Lipinski definition) is 2. The number of nitrogens with one attached hydrogen (secondary N) is 1. The molecule has 0 bridgehead atoms. The van der Waals surface area contributed by atoms with Crippen molar-refractivity contribution in [1.29, 1.82) is 0 Å². The molecular formula is C12H18BrN3O. The van der Waals surface area contributed by atoms with Crippen molar-refractivity contribution in [2.75, 3.05) is 25.5 Å². The van der Waals surface area contributed by atoms with E-state index in [4.69, 9.17) is 5.73 Å². The Morgan fingerprint density at radius 2 is 2.18 bits per heavy atom. The highest BCUT2D eigenvalue weighted by molar-refractivity contribution is 9.10. The van der Waals surface area contributed by atoms with E-state index < -0.39 is 0 Å². The molecule has 0 aliphatic heterocycles. The molecule has 0 saturated heterocycles. The van der Waals surface area contributed by atoms with E-state index in [1.54, 1.807) is 0 Å². The molecule has 1 aromatic carbocycles. The molecule has 1 atom stereocenters. The average Bonchev–Trinajstić information content (AvgIpc) is 2.19. The van der Waals surface area contributed by atoms with Crippen LogP contribution in [0.4, 0.5) is 5.69 Å². The van der Waals surface area contributed by atoms with Gasteiger partial charge in [0.05, 0.1) is 12.2 Å². The van der Waals surface area contributed by atoms with Crippen molar-refractivity contribution in [1.82, 2.24) is 4.90 Å². The number of rotatable bonds is 5. The first-order valence-corrected chi connectivity index (χ1v) is 6.27. The Labute approximate surface area is 110 Å². The molecule has 0 heterocycles. The molecule has 1 amide bonds. The monoisotopic (exact) mass is 299 g/mol. The number of amides is 1. The quantitative estimate of drug-likeness (QED) is 0.869.